The molecule has 18 heavy (non-hydrogen) atoms. The van der Waals surface area contributed by atoms with Crippen LogP contribution in [0.15, 0.2) is 22.7 Å². The van der Waals surface area contributed by atoms with Crippen molar-refractivity contribution in [2.45, 2.75) is 44.2 Å². The molecule has 0 bridgehead atoms. The molecule has 1 aromatic rings. The second kappa shape index (κ2) is 6.38. The van der Waals surface area contributed by atoms with Gasteiger partial charge in [0, 0.05) is 9.50 Å². The van der Waals surface area contributed by atoms with Gasteiger partial charge in [-0.25, -0.2) is 0 Å². The van der Waals surface area contributed by atoms with Crippen molar-refractivity contribution in [1.82, 2.24) is 0 Å². The van der Waals surface area contributed by atoms with Crippen molar-refractivity contribution < 1.29 is 5.11 Å². The molecule has 0 heterocycles. The molecule has 2 atom stereocenters. The van der Waals surface area contributed by atoms with E-state index in [1.165, 1.54) is 19.3 Å². The maximum atomic E-state index is 10.4. The van der Waals surface area contributed by atoms with Gasteiger partial charge in [-0.1, -0.05) is 46.8 Å². The van der Waals surface area contributed by atoms with Crippen LogP contribution in [0.25, 0.3) is 0 Å². The van der Waals surface area contributed by atoms with Gasteiger partial charge in [0.15, 0.2) is 0 Å². The molecule has 0 unspecified atom stereocenters. The SMILES string of the molecule is N[C@@H](c1cc(Cl)ccc1Br)[C@H](O)C1CCCCC1. The summed E-state index contributed by atoms with van der Waals surface area (Å²) in [6.45, 7) is 0. The van der Waals surface area contributed by atoms with Crippen LogP contribution >= 0.6 is 27.5 Å². The van der Waals surface area contributed by atoms with Gasteiger partial charge in [-0.3, -0.25) is 0 Å². The lowest BCUT2D eigenvalue weighted by molar-refractivity contribution is 0.0616. The first-order chi connectivity index (χ1) is 8.59. The Balaban J connectivity index is 2.13. The fraction of sp³-hybridized carbons (Fsp3) is 0.571. The molecule has 1 aliphatic rings. The van der Waals surface area contributed by atoms with E-state index in [0.717, 1.165) is 22.9 Å². The van der Waals surface area contributed by atoms with Crippen LogP contribution in [0.1, 0.15) is 43.7 Å². The van der Waals surface area contributed by atoms with Crippen molar-refractivity contribution in [3.63, 3.8) is 0 Å². The van der Waals surface area contributed by atoms with Crippen molar-refractivity contribution >= 4 is 27.5 Å². The maximum Gasteiger partial charge on any atom is 0.0761 e. The Hall–Kier alpha value is -0.0900. The molecule has 2 rings (SSSR count). The predicted octanol–water partition coefficient (Wildman–Crippen LogP) is 4.04. The number of aliphatic hydroxyl groups excluding tert-OH is 1. The van der Waals surface area contributed by atoms with Crippen LogP contribution in [0.2, 0.25) is 5.02 Å². The predicted molar refractivity (Wildman–Crippen MR) is 78.7 cm³/mol. The normalized spacial score (nSPS) is 20.7. The Morgan fingerprint density at radius 3 is 2.61 bits per heavy atom. The van der Waals surface area contributed by atoms with Crippen molar-refractivity contribution in [2.75, 3.05) is 0 Å². The molecule has 0 aliphatic heterocycles. The van der Waals surface area contributed by atoms with Crippen LogP contribution in [0, 0.1) is 5.92 Å². The highest BCUT2D eigenvalue weighted by molar-refractivity contribution is 9.10. The Morgan fingerprint density at radius 1 is 1.28 bits per heavy atom. The molecule has 0 amide bonds. The average Bonchev–Trinajstić information content (AvgIpc) is 2.41. The summed E-state index contributed by atoms with van der Waals surface area (Å²) in [6.07, 6.45) is 5.34. The summed E-state index contributed by atoms with van der Waals surface area (Å²) in [5.41, 5.74) is 7.09. The highest BCUT2D eigenvalue weighted by atomic mass is 79.9. The van der Waals surface area contributed by atoms with E-state index in [-0.39, 0.29) is 6.04 Å². The number of hydrogen-bond acceptors (Lipinski definition) is 2. The summed E-state index contributed by atoms with van der Waals surface area (Å²) in [5.74, 6) is 0.319. The first-order valence-electron chi connectivity index (χ1n) is 6.48. The molecular weight excluding hydrogens is 314 g/mol. The molecule has 4 heteroatoms. The lowest BCUT2D eigenvalue weighted by Crippen LogP contribution is -2.34. The van der Waals surface area contributed by atoms with Gasteiger partial charge >= 0.3 is 0 Å². The van der Waals surface area contributed by atoms with Gasteiger partial charge in [-0.2, -0.15) is 0 Å². The lowest BCUT2D eigenvalue weighted by atomic mass is 9.81. The van der Waals surface area contributed by atoms with E-state index >= 15 is 0 Å². The molecule has 1 aromatic carbocycles. The van der Waals surface area contributed by atoms with E-state index in [1.807, 2.05) is 18.2 Å². The van der Waals surface area contributed by atoms with Crippen LogP contribution in [0.5, 0.6) is 0 Å². The van der Waals surface area contributed by atoms with Crippen LogP contribution in [-0.4, -0.2) is 11.2 Å². The number of hydrogen-bond donors (Lipinski definition) is 2. The second-order valence-corrected chi connectivity index (χ2v) is 6.37. The minimum atomic E-state index is -0.486. The van der Waals surface area contributed by atoms with Crippen LogP contribution in [-0.2, 0) is 0 Å². The van der Waals surface area contributed by atoms with Crippen molar-refractivity contribution in [3.8, 4) is 0 Å². The Labute approximate surface area is 122 Å². The number of benzene rings is 1. The minimum absolute atomic E-state index is 0.319. The summed E-state index contributed by atoms with van der Waals surface area (Å²) >= 11 is 9.47. The molecule has 3 N–H and O–H groups in total. The van der Waals surface area contributed by atoms with E-state index in [0.29, 0.717) is 10.9 Å². The highest BCUT2D eigenvalue weighted by Crippen LogP contribution is 2.34. The quantitative estimate of drug-likeness (QED) is 0.877. The zero-order valence-corrected chi connectivity index (χ0v) is 12.6. The molecule has 0 saturated heterocycles. The summed E-state index contributed by atoms with van der Waals surface area (Å²) < 4.78 is 0.911. The van der Waals surface area contributed by atoms with Gasteiger partial charge in [0.25, 0.3) is 0 Å². The molecule has 0 aromatic heterocycles. The third kappa shape index (κ3) is 3.27. The van der Waals surface area contributed by atoms with Crippen LogP contribution < -0.4 is 5.73 Å². The molecule has 1 fully saturated rings. The maximum absolute atomic E-state index is 10.4. The topological polar surface area (TPSA) is 46.2 Å². The van der Waals surface area contributed by atoms with Gasteiger partial charge < -0.3 is 10.8 Å². The molecule has 100 valence electrons. The van der Waals surface area contributed by atoms with Crippen molar-refractivity contribution in [3.05, 3.63) is 33.3 Å². The van der Waals surface area contributed by atoms with E-state index in [4.69, 9.17) is 17.3 Å². The number of rotatable bonds is 3. The zero-order chi connectivity index (χ0) is 13.1. The van der Waals surface area contributed by atoms with Gasteiger partial charge in [0.2, 0.25) is 0 Å². The summed E-state index contributed by atoms with van der Waals surface area (Å²) in [4.78, 5) is 0. The van der Waals surface area contributed by atoms with Crippen molar-refractivity contribution in [1.29, 1.82) is 0 Å². The summed E-state index contributed by atoms with van der Waals surface area (Å²) in [6, 6.07) is 5.16. The first-order valence-corrected chi connectivity index (χ1v) is 7.65. The molecule has 1 aliphatic carbocycles. The number of halogens is 2. The van der Waals surface area contributed by atoms with Gasteiger partial charge in [-0.15, -0.1) is 0 Å². The van der Waals surface area contributed by atoms with Gasteiger partial charge in [-0.05, 0) is 42.5 Å². The molecule has 2 nitrogen and oxygen atoms in total. The Morgan fingerprint density at radius 2 is 1.94 bits per heavy atom. The van der Waals surface area contributed by atoms with Crippen LogP contribution in [0.4, 0.5) is 0 Å². The van der Waals surface area contributed by atoms with E-state index in [9.17, 15) is 5.11 Å². The fourth-order valence-electron chi connectivity index (χ4n) is 2.72. The van der Waals surface area contributed by atoms with Crippen LogP contribution in [0.3, 0.4) is 0 Å². The molecular formula is C14H19BrClNO. The largest absolute Gasteiger partial charge is 0.391 e. The summed E-state index contributed by atoms with van der Waals surface area (Å²) in [5, 5.41) is 11.1. The standard InChI is InChI=1S/C14H19BrClNO/c15-12-7-6-10(16)8-11(12)13(17)14(18)9-4-2-1-3-5-9/h6-9,13-14,18H,1-5,17H2/t13-,14+/m0/s1. The lowest BCUT2D eigenvalue weighted by Gasteiger charge is -2.31. The Bertz CT molecular complexity index is 407. The molecule has 1 saturated carbocycles. The molecule has 0 radical (unpaired) electrons. The zero-order valence-electron chi connectivity index (χ0n) is 10.3. The average molecular weight is 333 g/mol. The van der Waals surface area contributed by atoms with E-state index in [1.54, 1.807) is 0 Å². The van der Waals surface area contributed by atoms with E-state index in [2.05, 4.69) is 15.9 Å². The smallest absolute Gasteiger partial charge is 0.0761 e. The third-order valence-electron chi connectivity index (χ3n) is 3.82. The number of aliphatic hydroxyl groups is 1. The minimum Gasteiger partial charge on any atom is -0.391 e. The second-order valence-electron chi connectivity index (χ2n) is 5.08. The Kier molecular flexibility index (Phi) is 5.07. The number of nitrogens with two attached hydrogens (primary N) is 1. The molecule has 0 spiro atoms. The summed E-state index contributed by atoms with van der Waals surface area (Å²) in [7, 11) is 0. The first kappa shape index (κ1) is 14.3. The monoisotopic (exact) mass is 331 g/mol. The fourth-order valence-corrected chi connectivity index (χ4v) is 3.41. The van der Waals surface area contributed by atoms with Gasteiger partial charge in [0.05, 0.1) is 12.1 Å². The van der Waals surface area contributed by atoms with E-state index < -0.39 is 6.10 Å². The van der Waals surface area contributed by atoms with Gasteiger partial charge in [0.1, 0.15) is 0 Å². The third-order valence-corrected chi connectivity index (χ3v) is 4.78. The highest BCUT2D eigenvalue weighted by Gasteiger charge is 2.28. The van der Waals surface area contributed by atoms with Crippen molar-refractivity contribution in [2.24, 2.45) is 11.7 Å².